The maximum atomic E-state index is 14.3. The highest BCUT2D eigenvalue weighted by molar-refractivity contribution is 7.89. The van der Waals surface area contributed by atoms with Crippen molar-refractivity contribution in [2.45, 2.75) is 45.1 Å². The molecule has 2 fully saturated rings. The van der Waals surface area contributed by atoms with Gasteiger partial charge in [-0.1, -0.05) is 12.5 Å². The number of benzene rings is 1. The molecule has 1 aromatic rings. The number of halogens is 1. The Morgan fingerprint density at radius 2 is 2.03 bits per heavy atom. The number of sulfonamides is 1. The number of hydrogen-bond acceptors (Lipinski definition) is 4. The summed E-state index contributed by atoms with van der Waals surface area (Å²) in [6.07, 6.45) is 5.70. The average molecular weight is 441 g/mol. The van der Waals surface area contributed by atoms with Crippen LogP contribution < -0.4 is 20.1 Å². The molecule has 0 amide bonds. The number of guanidine groups is 1. The van der Waals surface area contributed by atoms with Crippen LogP contribution >= 0.6 is 0 Å². The average Bonchev–Trinajstić information content (AvgIpc) is 3.49. The molecule has 7 nitrogen and oxygen atoms in total. The van der Waals surface area contributed by atoms with E-state index in [1.807, 2.05) is 13.0 Å². The highest BCUT2D eigenvalue weighted by atomic mass is 32.2. The molecule has 2 saturated carbocycles. The number of rotatable bonds is 11. The molecule has 3 N–H and O–H groups in total. The van der Waals surface area contributed by atoms with E-state index in [0.29, 0.717) is 30.9 Å². The Morgan fingerprint density at radius 1 is 1.27 bits per heavy atom. The highest BCUT2D eigenvalue weighted by Gasteiger charge is 2.23. The highest BCUT2D eigenvalue weighted by Crippen LogP contribution is 2.30. The summed E-state index contributed by atoms with van der Waals surface area (Å²) in [4.78, 5) is 4.13. The van der Waals surface area contributed by atoms with E-state index in [9.17, 15) is 12.8 Å². The molecule has 1 atom stereocenters. The predicted octanol–water partition coefficient (Wildman–Crippen LogP) is 2.56. The van der Waals surface area contributed by atoms with Gasteiger partial charge in [0.2, 0.25) is 10.0 Å². The summed E-state index contributed by atoms with van der Waals surface area (Å²) in [6, 6.07) is 4.73. The monoisotopic (exact) mass is 440 g/mol. The van der Waals surface area contributed by atoms with Gasteiger partial charge in [-0.25, -0.2) is 17.5 Å². The third kappa shape index (κ3) is 7.12. The summed E-state index contributed by atoms with van der Waals surface area (Å²) in [5.41, 5.74) is 0.754. The maximum absolute atomic E-state index is 14.3. The molecule has 9 heteroatoms. The zero-order valence-corrected chi connectivity index (χ0v) is 18.6. The lowest BCUT2D eigenvalue weighted by molar-refractivity contribution is 0.285. The first kappa shape index (κ1) is 22.8. The Labute approximate surface area is 178 Å². The summed E-state index contributed by atoms with van der Waals surface area (Å²) >= 11 is 0. The van der Waals surface area contributed by atoms with E-state index in [0.717, 1.165) is 31.2 Å². The van der Waals surface area contributed by atoms with Gasteiger partial charge in [0, 0.05) is 20.1 Å². The second-order valence-corrected chi connectivity index (χ2v) is 10.2. The van der Waals surface area contributed by atoms with Crippen molar-refractivity contribution in [3.05, 3.63) is 29.6 Å². The largest absolute Gasteiger partial charge is 0.490 e. The SMILES string of the molecule is CN=C(NCCS(=O)(=O)NCC1CCC1)NC(C)c1ccc(OCC2CC2)c(F)c1. The molecule has 168 valence electrons. The molecule has 0 radical (unpaired) electrons. The van der Waals surface area contributed by atoms with Crippen LogP contribution in [0.3, 0.4) is 0 Å². The fourth-order valence-corrected chi connectivity index (χ4v) is 4.20. The van der Waals surface area contributed by atoms with E-state index in [1.54, 1.807) is 13.1 Å². The van der Waals surface area contributed by atoms with E-state index in [-0.39, 0.29) is 29.9 Å². The number of aliphatic imine (C=N–C) groups is 1. The predicted molar refractivity (Wildman–Crippen MR) is 117 cm³/mol. The van der Waals surface area contributed by atoms with Crippen molar-refractivity contribution >= 4 is 16.0 Å². The van der Waals surface area contributed by atoms with Crippen molar-refractivity contribution in [1.82, 2.24) is 15.4 Å². The van der Waals surface area contributed by atoms with Crippen LogP contribution in [0.5, 0.6) is 5.75 Å². The molecular formula is C21H33FN4O3S. The summed E-state index contributed by atoms with van der Waals surface area (Å²) in [5.74, 6) is 1.38. The van der Waals surface area contributed by atoms with Crippen LogP contribution in [0.4, 0.5) is 4.39 Å². The summed E-state index contributed by atoms with van der Waals surface area (Å²) < 4.78 is 46.7. The summed E-state index contributed by atoms with van der Waals surface area (Å²) in [6.45, 7) is 3.22. The van der Waals surface area contributed by atoms with Crippen LogP contribution in [-0.4, -0.2) is 46.9 Å². The fraction of sp³-hybridized carbons (Fsp3) is 0.667. The normalized spacial score (nSPS) is 18.6. The first-order valence-corrected chi connectivity index (χ1v) is 12.4. The second-order valence-electron chi connectivity index (χ2n) is 8.27. The lowest BCUT2D eigenvalue weighted by Crippen LogP contribution is -2.42. The van der Waals surface area contributed by atoms with E-state index in [1.165, 1.54) is 12.5 Å². The molecule has 1 unspecified atom stereocenters. The lowest BCUT2D eigenvalue weighted by Gasteiger charge is -2.25. The van der Waals surface area contributed by atoms with Crippen LogP contribution in [0, 0.1) is 17.7 Å². The third-order valence-corrected chi connectivity index (χ3v) is 7.03. The van der Waals surface area contributed by atoms with Gasteiger partial charge in [-0.15, -0.1) is 0 Å². The molecule has 0 aliphatic heterocycles. The number of hydrogen-bond donors (Lipinski definition) is 3. The third-order valence-electron chi connectivity index (χ3n) is 5.68. The van der Waals surface area contributed by atoms with Crippen LogP contribution in [0.1, 0.15) is 50.6 Å². The van der Waals surface area contributed by atoms with Crippen LogP contribution in [0.25, 0.3) is 0 Å². The van der Waals surface area contributed by atoms with Gasteiger partial charge in [-0.05, 0) is 62.1 Å². The number of nitrogens with one attached hydrogen (secondary N) is 3. The molecule has 0 aromatic heterocycles. The van der Waals surface area contributed by atoms with E-state index >= 15 is 0 Å². The molecule has 0 saturated heterocycles. The first-order valence-electron chi connectivity index (χ1n) is 10.7. The van der Waals surface area contributed by atoms with Crippen molar-refractivity contribution in [3.63, 3.8) is 0 Å². The van der Waals surface area contributed by atoms with Gasteiger partial charge < -0.3 is 15.4 Å². The van der Waals surface area contributed by atoms with Gasteiger partial charge in [-0.3, -0.25) is 4.99 Å². The van der Waals surface area contributed by atoms with Crippen LogP contribution in [0.15, 0.2) is 23.2 Å². The summed E-state index contributed by atoms with van der Waals surface area (Å²) in [7, 11) is -1.70. The second kappa shape index (κ2) is 10.4. The van der Waals surface area contributed by atoms with Gasteiger partial charge in [0.05, 0.1) is 18.4 Å². The number of nitrogens with zero attached hydrogens (tertiary/aromatic N) is 1. The molecule has 1 aromatic carbocycles. The Bertz CT molecular complexity index is 839. The smallest absolute Gasteiger partial charge is 0.213 e. The number of ether oxygens (including phenoxy) is 1. The minimum absolute atomic E-state index is 0.0313. The molecule has 2 aliphatic rings. The molecular weight excluding hydrogens is 407 g/mol. The minimum atomic E-state index is -3.31. The quantitative estimate of drug-likeness (QED) is 0.363. The summed E-state index contributed by atoms with van der Waals surface area (Å²) in [5, 5.41) is 6.17. The van der Waals surface area contributed by atoms with E-state index in [4.69, 9.17) is 4.74 Å². The fourth-order valence-electron chi connectivity index (χ4n) is 3.20. The van der Waals surface area contributed by atoms with Gasteiger partial charge in [0.25, 0.3) is 0 Å². The molecule has 3 rings (SSSR count). The molecule has 0 spiro atoms. The zero-order chi connectivity index (χ0) is 21.6. The van der Waals surface area contributed by atoms with Gasteiger partial charge in [-0.2, -0.15) is 0 Å². The zero-order valence-electron chi connectivity index (χ0n) is 17.8. The Kier molecular flexibility index (Phi) is 7.93. The standard InChI is InChI=1S/C21H33FN4O3S/c1-15(18-8-9-20(19(22)12-18)29-14-17-6-7-17)26-21(23-2)24-10-11-30(27,28)25-13-16-4-3-5-16/h8-9,12,15-17,25H,3-7,10-11,13-14H2,1-2H3,(H2,23,24,26). The van der Waals surface area contributed by atoms with Gasteiger partial charge in [0.1, 0.15) is 0 Å². The first-order chi connectivity index (χ1) is 14.4. The van der Waals surface area contributed by atoms with Crippen molar-refractivity contribution < 1.29 is 17.5 Å². The molecule has 2 aliphatic carbocycles. The van der Waals surface area contributed by atoms with Gasteiger partial charge >= 0.3 is 0 Å². The van der Waals surface area contributed by atoms with Gasteiger partial charge in [0.15, 0.2) is 17.5 Å². The molecule has 0 heterocycles. The topological polar surface area (TPSA) is 91.8 Å². The maximum Gasteiger partial charge on any atom is 0.213 e. The lowest BCUT2D eigenvalue weighted by atomic mass is 9.86. The Balaban J connectivity index is 1.43. The molecule has 30 heavy (non-hydrogen) atoms. The van der Waals surface area contributed by atoms with Crippen molar-refractivity contribution in [2.24, 2.45) is 16.8 Å². The van der Waals surface area contributed by atoms with E-state index < -0.39 is 10.0 Å². The van der Waals surface area contributed by atoms with Crippen molar-refractivity contribution in [2.75, 3.05) is 32.5 Å². The Morgan fingerprint density at radius 3 is 2.63 bits per heavy atom. The molecule has 0 bridgehead atoms. The Hall–Kier alpha value is -1.87. The van der Waals surface area contributed by atoms with Crippen LogP contribution in [-0.2, 0) is 10.0 Å². The minimum Gasteiger partial charge on any atom is -0.490 e. The van der Waals surface area contributed by atoms with Crippen molar-refractivity contribution in [3.8, 4) is 5.75 Å². The van der Waals surface area contributed by atoms with Crippen molar-refractivity contribution in [1.29, 1.82) is 0 Å². The van der Waals surface area contributed by atoms with Crippen LogP contribution in [0.2, 0.25) is 0 Å². The van der Waals surface area contributed by atoms with E-state index in [2.05, 4.69) is 20.3 Å².